The van der Waals surface area contributed by atoms with Crippen molar-refractivity contribution in [2.75, 3.05) is 26.2 Å². The summed E-state index contributed by atoms with van der Waals surface area (Å²) < 4.78 is 11.0. The summed E-state index contributed by atoms with van der Waals surface area (Å²) in [5.74, 6) is 0.0431. The first-order chi connectivity index (χ1) is 14.2. The quantitative estimate of drug-likeness (QED) is 0.701. The molecule has 1 aromatic carbocycles. The van der Waals surface area contributed by atoms with Gasteiger partial charge in [-0.05, 0) is 57.4 Å². The summed E-state index contributed by atoms with van der Waals surface area (Å²) in [5.41, 5.74) is 0.937. The van der Waals surface area contributed by atoms with Gasteiger partial charge in [-0.15, -0.1) is 0 Å². The van der Waals surface area contributed by atoms with Crippen molar-refractivity contribution >= 4 is 12.1 Å². The SMILES string of the molecule is CC(C)(C)OC(=O)C1CC2(C1)CN(C1CCN(C(=O)OCc3ccccc3)CC1)C2. The van der Waals surface area contributed by atoms with Gasteiger partial charge in [-0.2, -0.15) is 0 Å². The Hall–Kier alpha value is -2.08. The van der Waals surface area contributed by atoms with Gasteiger partial charge in [0.25, 0.3) is 0 Å². The second-order valence-corrected chi connectivity index (χ2v) is 10.3. The van der Waals surface area contributed by atoms with Crippen molar-refractivity contribution in [2.24, 2.45) is 11.3 Å². The third-order valence-corrected chi connectivity index (χ3v) is 6.62. The van der Waals surface area contributed by atoms with Crippen LogP contribution >= 0.6 is 0 Å². The maximum absolute atomic E-state index is 12.3. The molecule has 0 N–H and O–H groups in total. The Bertz CT molecular complexity index is 751. The third kappa shape index (κ3) is 4.80. The minimum Gasteiger partial charge on any atom is -0.460 e. The fraction of sp³-hybridized carbons (Fsp3) is 0.667. The lowest BCUT2D eigenvalue weighted by molar-refractivity contribution is -0.180. The predicted molar refractivity (Wildman–Crippen MR) is 114 cm³/mol. The van der Waals surface area contributed by atoms with E-state index in [2.05, 4.69) is 4.90 Å². The molecule has 2 heterocycles. The number of hydrogen-bond acceptors (Lipinski definition) is 5. The number of amides is 1. The van der Waals surface area contributed by atoms with Crippen molar-refractivity contribution < 1.29 is 19.1 Å². The van der Waals surface area contributed by atoms with Crippen LogP contribution in [0, 0.1) is 11.3 Å². The van der Waals surface area contributed by atoms with Crippen LogP contribution in [0.15, 0.2) is 30.3 Å². The molecule has 1 spiro atoms. The molecule has 30 heavy (non-hydrogen) atoms. The number of nitrogens with zero attached hydrogens (tertiary/aromatic N) is 2. The molecule has 1 amide bonds. The Morgan fingerprint density at radius 2 is 1.70 bits per heavy atom. The van der Waals surface area contributed by atoms with Crippen molar-refractivity contribution in [3.05, 3.63) is 35.9 Å². The first-order valence-corrected chi connectivity index (χ1v) is 11.2. The van der Waals surface area contributed by atoms with Gasteiger partial charge in [0.1, 0.15) is 12.2 Å². The van der Waals surface area contributed by atoms with Gasteiger partial charge in [0.15, 0.2) is 0 Å². The van der Waals surface area contributed by atoms with Crippen molar-refractivity contribution in [2.45, 2.75) is 64.7 Å². The zero-order chi connectivity index (χ0) is 21.4. The minimum absolute atomic E-state index is 0.0334. The van der Waals surface area contributed by atoms with E-state index in [-0.39, 0.29) is 18.0 Å². The first kappa shape index (κ1) is 21.2. The average molecular weight is 415 g/mol. The van der Waals surface area contributed by atoms with Gasteiger partial charge in [-0.3, -0.25) is 9.69 Å². The summed E-state index contributed by atoms with van der Waals surface area (Å²) in [6, 6.07) is 10.3. The number of carbonyl (C=O) groups excluding carboxylic acids is 2. The maximum atomic E-state index is 12.3. The molecule has 1 aliphatic carbocycles. The van der Waals surface area contributed by atoms with E-state index in [9.17, 15) is 9.59 Å². The lowest BCUT2D eigenvalue weighted by Crippen LogP contribution is -2.66. The maximum Gasteiger partial charge on any atom is 0.410 e. The van der Waals surface area contributed by atoms with Gasteiger partial charge >= 0.3 is 12.1 Å². The van der Waals surface area contributed by atoms with Crippen molar-refractivity contribution in [1.29, 1.82) is 0 Å². The van der Waals surface area contributed by atoms with E-state index in [1.54, 1.807) is 0 Å². The van der Waals surface area contributed by atoms with Gasteiger partial charge in [0, 0.05) is 32.2 Å². The van der Waals surface area contributed by atoms with Crippen LogP contribution in [0.5, 0.6) is 0 Å². The standard InChI is InChI=1S/C24H34N2O4/c1-23(2,3)30-21(27)19-13-24(14-19)16-26(17-24)20-9-11-25(12-10-20)22(28)29-15-18-7-5-4-6-8-18/h4-8,19-20H,9-17H2,1-3H3. The highest BCUT2D eigenvalue weighted by atomic mass is 16.6. The van der Waals surface area contributed by atoms with Gasteiger partial charge in [-0.1, -0.05) is 30.3 Å². The molecular weight excluding hydrogens is 380 g/mol. The molecule has 0 radical (unpaired) electrons. The highest BCUT2D eigenvalue weighted by molar-refractivity contribution is 5.74. The topological polar surface area (TPSA) is 59.1 Å². The van der Waals surface area contributed by atoms with E-state index in [0.717, 1.165) is 57.4 Å². The molecule has 3 fully saturated rings. The Balaban J connectivity index is 1.14. The number of rotatable bonds is 4. The number of ether oxygens (including phenoxy) is 2. The highest BCUT2D eigenvalue weighted by Gasteiger charge is 2.56. The molecule has 0 unspecified atom stereocenters. The molecule has 1 aromatic rings. The number of hydrogen-bond donors (Lipinski definition) is 0. The van der Waals surface area contributed by atoms with Gasteiger partial charge in [0.05, 0.1) is 5.92 Å². The van der Waals surface area contributed by atoms with Crippen LogP contribution in [0.4, 0.5) is 4.79 Å². The zero-order valence-corrected chi connectivity index (χ0v) is 18.4. The molecule has 2 saturated heterocycles. The fourth-order valence-corrected chi connectivity index (χ4v) is 5.09. The highest BCUT2D eigenvalue weighted by Crippen LogP contribution is 2.53. The average Bonchev–Trinajstić information content (AvgIpc) is 2.64. The lowest BCUT2D eigenvalue weighted by Gasteiger charge is -2.61. The molecule has 6 nitrogen and oxygen atoms in total. The van der Waals surface area contributed by atoms with Crippen LogP contribution in [-0.2, 0) is 20.9 Å². The van der Waals surface area contributed by atoms with E-state index in [4.69, 9.17) is 9.47 Å². The summed E-state index contributed by atoms with van der Waals surface area (Å²) in [4.78, 5) is 28.9. The summed E-state index contributed by atoms with van der Waals surface area (Å²) in [7, 11) is 0. The van der Waals surface area contributed by atoms with E-state index < -0.39 is 5.60 Å². The second-order valence-electron chi connectivity index (χ2n) is 10.3. The largest absolute Gasteiger partial charge is 0.460 e. The summed E-state index contributed by atoms with van der Waals surface area (Å²) >= 11 is 0. The van der Waals surface area contributed by atoms with Crippen LogP contribution in [0.25, 0.3) is 0 Å². The van der Waals surface area contributed by atoms with E-state index in [1.165, 1.54) is 0 Å². The van der Waals surface area contributed by atoms with Crippen LogP contribution in [0.2, 0.25) is 0 Å². The molecule has 4 rings (SSSR count). The second kappa shape index (κ2) is 8.22. The molecular formula is C24H34N2O4. The Labute approximate surface area is 179 Å². The molecule has 0 aromatic heterocycles. The monoisotopic (exact) mass is 414 g/mol. The van der Waals surface area contributed by atoms with Gasteiger partial charge < -0.3 is 14.4 Å². The lowest BCUT2D eigenvalue weighted by atomic mass is 9.57. The predicted octanol–water partition coefficient (Wildman–Crippen LogP) is 3.84. The third-order valence-electron chi connectivity index (χ3n) is 6.62. The number of carbonyl (C=O) groups is 2. The van der Waals surface area contributed by atoms with E-state index in [0.29, 0.717) is 18.1 Å². The molecule has 0 bridgehead atoms. The molecule has 3 aliphatic rings. The number of benzene rings is 1. The Morgan fingerprint density at radius 1 is 1.07 bits per heavy atom. The Morgan fingerprint density at radius 3 is 2.30 bits per heavy atom. The van der Waals surface area contributed by atoms with Crippen LogP contribution < -0.4 is 0 Å². The molecule has 0 atom stereocenters. The minimum atomic E-state index is -0.401. The summed E-state index contributed by atoms with van der Waals surface area (Å²) in [6.45, 7) is 9.76. The fourth-order valence-electron chi connectivity index (χ4n) is 5.09. The van der Waals surface area contributed by atoms with Crippen molar-refractivity contribution in [1.82, 2.24) is 9.80 Å². The Kier molecular flexibility index (Phi) is 5.80. The normalized spacial score (nSPS) is 22.3. The number of likely N-dealkylation sites (tertiary alicyclic amines) is 2. The van der Waals surface area contributed by atoms with Crippen LogP contribution in [0.1, 0.15) is 52.0 Å². The smallest absolute Gasteiger partial charge is 0.410 e. The molecule has 164 valence electrons. The zero-order valence-electron chi connectivity index (χ0n) is 18.4. The van der Waals surface area contributed by atoms with Crippen LogP contribution in [0.3, 0.4) is 0 Å². The molecule has 1 saturated carbocycles. The van der Waals surface area contributed by atoms with Crippen molar-refractivity contribution in [3.8, 4) is 0 Å². The summed E-state index contributed by atoms with van der Waals surface area (Å²) in [5, 5.41) is 0. The number of piperidine rings is 1. The van der Waals surface area contributed by atoms with E-state index in [1.807, 2.05) is 56.0 Å². The molecule has 6 heteroatoms. The van der Waals surface area contributed by atoms with Crippen molar-refractivity contribution in [3.63, 3.8) is 0 Å². The van der Waals surface area contributed by atoms with Gasteiger partial charge in [0.2, 0.25) is 0 Å². The first-order valence-electron chi connectivity index (χ1n) is 11.2. The summed E-state index contributed by atoms with van der Waals surface area (Å²) in [6.07, 6.45) is 3.70. The number of esters is 1. The van der Waals surface area contributed by atoms with Gasteiger partial charge in [-0.25, -0.2) is 4.79 Å². The molecule has 2 aliphatic heterocycles. The van der Waals surface area contributed by atoms with Crippen LogP contribution in [-0.4, -0.2) is 59.7 Å². The van der Waals surface area contributed by atoms with E-state index >= 15 is 0 Å².